The number of anilines is 1. The maximum atomic E-state index is 11.7. The molecule has 0 atom stereocenters. The van der Waals surface area contributed by atoms with Gasteiger partial charge in [0.15, 0.2) is 0 Å². The fraction of sp³-hybridized carbons (Fsp3) is 0.500. The molecule has 0 spiro atoms. The first-order chi connectivity index (χ1) is 10.6. The normalized spacial score (nSPS) is 9.45. The van der Waals surface area contributed by atoms with Crippen LogP contribution < -0.4 is 10.6 Å². The van der Waals surface area contributed by atoms with Crippen molar-refractivity contribution in [1.29, 1.82) is 0 Å². The van der Waals surface area contributed by atoms with Gasteiger partial charge in [0.2, 0.25) is 11.8 Å². The SMILES string of the molecule is CC.O=C(CS)NCCCCCC(=O)Nc1cccc(Br)c1. The molecule has 0 fully saturated rings. The van der Waals surface area contributed by atoms with Gasteiger partial charge >= 0.3 is 0 Å². The van der Waals surface area contributed by atoms with Crippen LogP contribution in [0.1, 0.15) is 39.5 Å². The highest BCUT2D eigenvalue weighted by atomic mass is 79.9. The Morgan fingerprint density at radius 3 is 2.50 bits per heavy atom. The van der Waals surface area contributed by atoms with Crippen molar-refractivity contribution >= 4 is 46.1 Å². The molecule has 0 unspecified atom stereocenters. The van der Waals surface area contributed by atoms with Crippen LogP contribution in [0.25, 0.3) is 0 Å². The second-order valence-electron chi connectivity index (χ2n) is 4.38. The predicted octanol–water partition coefficient (Wildman–Crippen LogP) is 4.02. The summed E-state index contributed by atoms with van der Waals surface area (Å²) >= 11 is 7.23. The molecule has 0 aliphatic carbocycles. The van der Waals surface area contributed by atoms with Gasteiger partial charge < -0.3 is 10.6 Å². The monoisotopic (exact) mass is 388 g/mol. The van der Waals surface area contributed by atoms with Crippen LogP contribution in [-0.4, -0.2) is 24.1 Å². The third kappa shape index (κ3) is 10.7. The minimum atomic E-state index is -0.0549. The molecule has 0 bridgehead atoms. The highest BCUT2D eigenvalue weighted by Crippen LogP contribution is 2.16. The summed E-state index contributed by atoms with van der Waals surface area (Å²) in [6, 6.07) is 7.51. The zero-order chi connectivity index (χ0) is 16.8. The van der Waals surface area contributed by atoms with Crippen molar-refractivity contribution in [3.8, 4) is 0 Å². The number of unbranched alkanes of at least 4 members (excludes halogenated alkanes) is 2. The van der Waals surface area contributed by atoms with E-state index >= 15 is 0 Å². The number of nitrogens with one attached hydrogen (secondary N) is 2. The maximum Gasteiger partial charge on any atom is 0.229 e. The van der Waals surface area contributed by atoms with E-state index in [1.54, 1.807) is 0 Å². The maximum absolute atomic E-state index is 11.7. The first-order valence-electron chi connectivity index (χ1n) is 7.55. The second-order valence-corrected chi connectivity index (χ2v) is 5.61. The lowest BCUT2D eigenvalue weighted by atomic mass is 10.2. The van der Waals surface area contributed by atoms with Gasteiger partial charge in [-0.05, 0) is 31.0 Å². The van der Waals surface area contributed by atoms with E-state index in [0.29, 0.717) is 13.0 Å². The molecule has 0 aromatic heterocycles. The predicted molar refractivity (Wildman–Crippen MR) is 99.5 cm³/mol. The van der Waals surface area contributed by atoms with Crippen LogP contribution in [0.5, 0.6) is 0 Å². The molecule has 2 amide bonds. The van der Waals surface area contributed by atoms with E-state index < -0.39 is 0 Å². The molecular weight excluding hydrogens is 364 g/mol. The van der Waals surface area contributed by atoms with E-state index in [0.717, 1.165) is 29.4 Å². The molecule has 1 aromatic carbocycles. The van der Waals surface area contributed by atoms with Crippen molar-refractivity contribution in [3.63, 3.8) is 0 Å². The summed E-state index contributed by atoms with van der Waals surface area (Å²) in [6.45, 7) is 4.65. The smallest absolute Gasteiger partial charge is 0.229 e. The molecule has 22 heavy (non-hydrogen) atoms. The molecule has 0 aliphatic rings. The summed E-state index contributed by atoms with van der Waals surface area (Å²) in [6.07, 6.45) is 3.10. The highest BCUT2D eigenvalue weighted by Gasteiger charge is 2.02. The van der Waals surface area contributed by atoms with Gasteiger partial charge in [0.1, 0.15) is 0 Å². The average Bonchev–Trinajstić information content (AvgIpc) is 2.52. The summed E-state index contributed by atoms with van der Waals surface area (Å²) in [7, 11) is 0. The Bertz CT molecular complexity index is 456. The number of carbonyl (C=O) groups excluding carboxylic acids is 2. The van der Waals surface area contributed by atoms with Gasteiger partial charge in [-0.25, -0.2) is 0 Å². The summed E-state index contributed by atoms with van der Waals surface area (Å²) in [5, 5.41) is 5.60. The van der Waals surface area contributed by atoms with Crippen molar-refractivity contribution in [2.45, 2.75) is 39.5 Å². The standard InChI is InChI=1S/C14H19BrN2O2S.C2H6/c15-11-5-4-6-12(9-11)17-13(18)7-2-1-3-8-16-14(19)10-20;1-2/h4-6,9,20H,1-3,7-8,10H2,(H,16,19)(H,17,18);1-2H3. The van der Waals surface area contributed by atoms with Crippen LogP contribution in [0, 0.1) is 0 Å². The van der Waals surface area contributed by atoms with Gasteiger partial charge in [-0.2, -0.15) is 12.6 Å². The third-order valence-corrected chi connectivity index (χ3v) is 3.44. The number of amides is 2. The Hall–Kier alpha value is -1.01. The molecule has 1 aromatic rings. The summed E-state index contributed by atoms with van der Waals surface area (Å²) < 4.78 is 0.940. The largest absolute Gasteiger partial charge is 0.355 e. The van der Waals surface area contributed by atoms with E-state index in [1.807, 2.05) is 38.1 Å². The van der Waals surface area contributed by atoms with Crippen LogP contribution in [0.15, 0.2) is 28.7 Å². The zero-order valence-corrected chi connectivity index (χ0v) is 15.7. The van der Waals surface area contributed by atoms with Crippen molar-refractivity contribution in [1.82, 2.24) is 5.32 Å². The zero-order valence-electron chi connectivity index (χ0n) is 13.2. The third-order valence-electron chi connectivity index (χ3n) is 2.65. The Labute approximate surface area is 147 Å². The molecule has 6 heteroatoms. The molecule has 0 aliphatic heterocycles. The van der Waals surface area contributed by atoms with E-state index in [4.69, 9.17) is 0 Å². The number of rotatable bonds is 8. The van der Waals surface area contributed by atoms with Gasteiger partial charge in [-0.15, -0.1) is 0 Å². The first kappa shape index (κ1) is 21.0. The Balaban J connectivity index is 0.00000211. The number of hydrogen-bond donors (Lipinski definition) is 3. The molecular formula is C16H25BrN2O2S. The quantitative estimate of drug-likeness (QED) is 0.465. The van der Waals surface area contributed by atoms with Gasteiger partial charge in [0.25, 0.3) is 0 Å². The molecule has 2 N–H and O–H groups in total. The lowest BCUT2D eigenvalue weighted by Gasteiger charge is -2.06. The molecule has 4 nitrogen and oxygen atoms in total. The fourth-order valence-electron chi connectivity index (χ4n) is 1.66. The molecule has 124 valence electrons. The minimum Gasteiger partial charge on any atom is -0.355 e. The van der Waals surface area contributed by atoms with Gasteiger partial charge in [-0.1, -0.05) is 42.3 Å². The van der Waals surface area contributed by atoms with E-state index in [2.05, 4.69) is 39.2 Å². The lowest BCUT2D eigenvalue weighted by Crippen LogP contribution is -2.25. The molecule has 0 saturated heterocycles. The number of halogens is 1. The first-order valence-corrected chi connectivity index (χ1v) is 8.97. The molecule has 1 rings (SSSR count). The Kier molecular flexibility index (Phi) is 13.0. The number of benzene rings is 1. The van der Waals surface area contributed by atoms with Crippen LogP contribution in [-0.2, 0) is 9.59 Å². The average molecular weight is 389 g/mol. The number of carbonyl (C=O) groups is 2. The van der Waals surface area contributed by atoms with E-state index in [-0.39, 0.29) is 17.6 Å². The van der Waals surface area contributed by atoms with Crippen molar-refractivity contribution in [3.05, 3.63) is 28.7 Å². The van der Waals surface area contributed by atoms with Crippen molar-refractivity contribution < 1.29 is 9.59 Å². The summed E-state index contributed by atoms with van der Waals surface area (Å²) in [4.78, 5) is 22.6. The van der Waals surface area contributed by atoms with E-state index in [9.17, 15) is 9.59 Å². The number of thiol groups is 1. The van der Waals surface area contributed by atoms with Crippen LogP contribution in [0.3, 0.4) is 0 Å². The fourth-order valence-corrected chi connectivity index (χ4v) is 2.17. The van der Waals surface area contributed by atoms with Gasteiger partial charge in [-0.3, -0.25) is 9.59 Å². The Morgan fingerprint density at radius 1 is 1.14 bits per heavy atom. The second kappa shape index (κ2) is 13.6. The summed E-state index contributed by atoms with van der Waals surface area (Å²) in [5.41, 5.74) is 0.797. The van der Waals surface area contributed by atoms with Crippen LogP contribution in [0.2, 0.25) is 0 Å². The topological polar surface area (TPSA) is 58.2 Å². The van der Waals surface area contributed by atoms with Gasteiger partial charge in [0, 0.05) is 23.1 Å². The number of hydrogen-bond acceptors (Lipinski definition) is 3. The minimum absolute atomic E-state index is 0.0162. The van der Waals surface area contributed by atoms with Crippen LogP contribution in [0.4, 0.5) is 5.69 Å². The molecule has 0 radical (unpaired) electrons. The highest BCUT2D eigenvalue weighted by molar-refractivity contribution is 9.10. The van der Waals surface area contributed by atoms with Crippen molar-refractivity contribution in [2.75, 3.05) is 17.6 Å². The summed E-state index contributed by atoms with van der Waals surface area (Å²) in [5.74, 6) is 0.179. The van der Waals surface area contributed by atoms with Crippen LogP contribution >= 0.6 is 28.6 Å². The van der Waals surface area contributed by atoms with E-state index in [1.165, 1.54) is 0 Å². The van der Waals surface area contributed by atoms with Crippen molar-refractivity contribution in [2.24, 2.45) is 0 Å². The Morgan fingerprint density at radius 2 is 1.86 bits per heavy atom. The molecule has 0 saturated carbocycles. The lowest BCUT2D eigenvalue weighted by molar-refractivity contribution is -0.118. The van der Waals surface area contributed by atoms with Gasteiger partial charge in [0.05, 0.1) is 5.75 Å². The molecule has 0 heterocycles.